The van der Waals surface area contributed by atoms with Crippen molar-refractivity contribution < 1.29 is 14.4 Å². The van der Waals surface area contributed by atoms with Gasteiger partial charge in [0, 0.05) is 45.1 Å². The molecule has 1 saturated heterocycles. The topological polar surface area (TPSA) is 67.3 Å². The van der Waals surface area contributed by atoms with Crippen LogP contribution in [0.5, 0.6) is 5.75 Å². The van der Waals surface area contributed by atoms with E-state index in [1.807, 2.05) is 41.3 Å². The molecule has 142 valence electrons. The number of carbonyl (C=O) groups excluding carboxylic acids is 1. The first-order valence-corrected chi connectivity index (χ1v) is 8.93. The Morgan fingerprint density at radius 1 is 1.11 bits per heavy atom. The highest BCUT2D eigenvalue weighted by molar-refractivity contribution is 5.80. The third-order valence-corrected chi connectivity index (χ3v) is 4.46. The molecule has 1 fully saturated rings. The van der Waals surface area contributed by atoms with Gasteiger partial charge in [-0.05, 0) is 47.5 Å². The second kappa shape index (κ2) is 9.68. The fourth-order valence-electron chi connectivity index (χ4n) is 2.87. The lowest BCUT2D eigenvalue weighted by Crippen LogP contribution is -2.49. The number of oxime groups is 1. The van der Waals surface area contributed by atoms with Crippen LogP contribution in [0.1, 0.15) is 11.1 Å². The predicted molar refractivity (Wildman–Crippen MR) is 103 cm³/mol. The number of methoxy groups -OCH3 is 1. The number of aromatic nitrogens is 1. The summed E-state index contributed by atoms with van der Waals surface area (Å²) in [7, 11) is 1.62. The number of benzene rings is 1. The number of piperazine rings is 1. The number of ether oxygens (including phenoxy) is 1. The van der Waals surface area contributed by atoms with Crippen LogP contribution in [0.4, 0.5) is 0 Å². The molecule has 27 heavy (non-hydrogen) atoms. The number of nitrogens with zero attached hydrogens (tertiary/aromatic N) is 4. The first kappa shape index (κ1) is 18.8. The van der Waals surface area contributed by atoms with E-state index in [1.165, 1.54) is 5.56 Å². The molecule has 1 aromatic carbocycles. The number of hydrogen-bond donors (Lipinski definition) is 0. The van der Waals surface area contributed by atoms with Crippen molar-refractivity contribution in [1.82, 2.24) is 14.8 Å². The Balaban J connectivity index is 1.37. The maximum Gasteiger partial charge on any atom is 0.263 e. The van der Waals surface area contributed by atoms with Crippen LogP contribution < -0.4 is 4.74 Å². The molecule has 0 spiro atoms. The van der Waals surface area contributed by atoms with Crippen molar-refractivity contribution in [3.63, 3.8) is 0 Å². The van der Waals surface area contributed by atoms with Gasteiger partial charge in [-0.3, -0.25) is 14.7 Å². The van der Waals surface area contributed by atoms with Gasteiger partial charge in [0.2, 0.25) is 0 Å². The zero-order valence-electron chi connectivity index (χ0n) is 15.5. The van der Waals surface area contributed by atoms with Crippen molar-refractivity contribution >= 4 is 12.1 Å². The molecule has 1 amide bonds. The zero-order valence-corrected chi connectivity index (χ0v) is 15.5. The van der Waals surface area contributed by atoms with Crippen LogP contribution in [0.3, 0.4) is 0 Å². The number of pyridine rings is 1. The molecule has 0 atom stereocenters. The molecular formula is C20H24N4O3. The third kappa shape index (κ3) is 5.79. The third-order valence-electron chi connectivity index (χ3n) is 4.46. The van der Waals surface area contributed by atoms with Gasteiger partial charge in [-0.1, -0.05) is 5.16 Å². The average Bonchev–Trinajstić information content (AvgIpc) is 2.73. The number of amides is 1. The Bertz CT molecular complexity index is 742. The van der Waals surface area contributed by atoms with Crippen LogP contribution in [0.2, 0.25) is 0 Å². The van der Waals surface area contributed by atoms with Crippen LogP contribution in [0.15, 0.2) is 53.9 Å². The van der Waals surface area contributed by atoms with Crippen molar-refractivity contribution in [3.05, 3.63) is 59.9 Å². The molecule has 1 aliphatic heterocycles. The van der Waals surface area contributed by atoms with Crippen molar-refractivity contribution in [2.24, 2.45) is 5.16 Å². The fourth-order valence-corrected chi connectivity index (χ4v) is 2.87. The van der Waals surface area contributed by atoms with Crippen molar-refractivity contribution in [2.45, 2.75) is 6.54 Å². The van der Waals surface area contributed by atoms with E-state index >= 15 is 0 Å². The lowest BCUT2D eigenvalue weighted by atomic mass is 10.2. The molecule has 7 heteroatoms. The molecule has 0 aliphatic carbocycles. The van der Waals surface area contributed by atoms with Gasteiger partial charge in [-0.25, -0.2) is 0 Å². The van der Waals surface area contributed by atoms with Gasteiger partial charge in [0.15, 0.2) is 6.61 Å². The zero-order chi connectivity index (χ0) is 18.9. The molecule has 0 unspecified atom stereocenters. The Kier molecular flexibility index (Phi) is 6.76. The van der Waals surface area contributed by atoms with Crippen molar-refractivity contribution in [1.29, 1.82) is 0 Å². The Labute approximate surface area is 159 Å². The maximum absolute atomic E-state index is 12.2. The summed E-state index contributed by atoms with van der Waals surface area (Å²) in [5.74, 6) is 0.747. The maximum atomic E-state index is 12.2. The van der Waals surface area contributed by atoms with E-state index < -0.39 is 0 Å². The fraction of sp³-hybridized carbons (Fsp3) is 0.350. The standard InChI is InChI=1S/C20H24N4O3/c1-26-19-4-2-17(3-5-19)14-22-27-16-20(25)24-12-10-23(11-13-24)15-18-6-8-21-9-7-18/h2-9,14H,10-13,15-16H2,1H3/b22-14-. The lowest BCUT2D eigenvalue weighted by molar-refractivity contribution is -0.137. The highest BCUT2D eigenvalue weighted by atomic mass is 16.6. The van der Waals surface area contributed by atoms with Gasteiger partial charge in [0.1, 0.15) is 5.75 Å². The van der Waals surface area contributed by atoms with E-state index in [9.17, 15) is 4.79 Å². The Morgan fingerprint density at radius 2 is 1.81 bits per heavy atom. The van der Waals surface area contributed by atoms with E-state index in [0.717, 1.165) is 30.9 Å². The molecule has 0 saturated carbocycles. The van der Waals surface area contributed by atoms with Crippen molar-refractivity contribution in [3.8, 4) is 5.75 Å². The van der Waals surface area contributed by atoms with Crippen LogP contribution in [0, 0.1) is 0 Å². The number of hydrogen-bond acceptors (Lipinski definition) is 6. The van der Waals surface area contributed by atoms with Gasteiger partial charge in [0.25, 0.3) is 5.91 Å². The molecule has 2 heterocycles. The molecule has 1 aromatic heterocycles. The van der Waals surface area contributed by atoms with Crippen LogP contribution >= 0.6 is 0 Å². The Morgan fingerprint density at radius 3 is 2.48 bits per heavy atom. The van der Waals surface area contributed by atoms with Crippen LogP contribution in [-0.4, -0.2) is 66.8 Å². The summed E-state index contributed by atoms with van der Waals surface area (Å²) in [6, 6.07) is 11.5. The smallest absolute Gasteiger partial charge is 0.263 e. The quantitative estimate of drug-likeness (QED) is 0.551. The van der Waals surface area contributed by atoms with E-state index in [0.29, 0.717) is 13.1 Å². The van der Waals surface area contributed by atoms with Crippen molar-refractivity contribution in [2.75, 3.05) is 39.9 Å². The number of carbonyl (C=O) groups is 1. The molecule has 1 aliphatic rings. The lowest BCUT2D eigenvalue weighted by Gasteiger charge is -2.34. The van der Waals surface area contributed by atoms with E-state index in [1.54, 1.807) is 25.7 Å². The molecule has 0 radical (unpaired) electrons. The first-order valence-electron chi connectivity index (χ1n) is 8.93. The van der Waals surface area contributed by atoms with Crippen LogP contribution in [0.25, 0.3) is 0 Å². The largest absolute Gasteiger partial charge is 0.497 e. The monoisotopic (exact) mass is 368 g/mol. The SMILES string of the molecule is COc1ccc(/C=N\OCC(=O)N2CCN(Cc3ccncc3)CC2)cc1. The average molecular weight is 368 g/mol. The van der Waals surface area contributed by atoms with Gasteiger partial charge in [-0.2, -0.15) is 0 Å². The number of rotatable bonds is 7. The normalized spacial score (nSPS) is 15.1. The molecule has 7 nitrogen and oxygen atoms in total. The molecule has 2 aromatic rings. The summed E-state index contributed by atoms with van der Waals surface area (Å²) in [5.41, 5.74) is 2.12. The second-order valence-electron chi connectivity index (χ2n) is 6.29. The first-order chi connectivity index (χ1) is 13.2. The molecule has 0 N–H and O–H groups in total. The van der Waals surface area contributed by atoms with Gasteiger partial charge >= 0.3 is 0 Å². The summed E-state index contributed by atoms with van der Waals surface area (Å²) in [5, 5.41) is 3.87. The minimum atomic E-state index is -0.0446. The predicted octanol–water partition coefficient (Wildman–Crippen LogP) is 1.79. The van der Waals surface area contributed by atoms with Gasteiger partial charge < -0.3 is 14.5 Å². The molecule has 0 bridgehead atoms. The summed E-state index contributed by atoms with van der Waals surface area (Å²) in [6.07, 6.45) is 5.19. The van der Waals surface area contributed by atoms with E-state index in [-0.39, 0.29) is 12.5 Å². The molecular weight excluding hydrogens is 344 g/mol. The second-order valence-corrected chi connectivity index (χ2v) is 6.29. The van der Waals surface area contributed by atoms with Crippen LogP contribution in [-0.2, 0) is 16.2 Å². The summed E-state index contributed by atoms with van der Waals surface area (Å²) in [6.45, 7) is 3.95. The minimum absolute atomic E-state index is 0.0366. The highest BCUT2D eigenvalue weighted by Crippen LogP contribution is 2.10. The summed E-state index contributed by atoms with van der Waals surface area (Å²) in [4.78, 5) is 25.6. The Hall–Kier alpha value is -2.93. The minimum Gasteiger partial charge on any atom is -0.497 e. The van der Waals surface area contributed by atoms with E-state index in [2.05, 4.69) is 15.0 Å². The van der Waals surface area contributed by atoms with Gasteiger partial charge in [-0.15, -0.1) is 0 Å². The molecule has 3 rings (SSSR count). The summed E-state index contributed by atoms with van der Waals surface area (Å²) >= 11 is 0. The highest BCUT2D eigenvalue weighted by Gasteiger charge is 2.21. The van der Waals surface area contributed by atoms with E-state index in [4.69, 9.17) is 9.57 Å². The van der Waals surface area contributed by atoms with Gasteiger partial charge in [0.05, 0.1) is 13.3 Å². The summed E-state index contributed by atoms with van der Waals surface area (Å²) < 4.78 is 5.10.